The van der Waals surface area contributed by atoms with Crippen LogP contribution in [0.25, 0.3) is 0 Å². The lowest BCUT2D eigenvalue weighted by Gasteiger charge is -2.25. The second kappa shape index (κ2) is 8.30. The summed E-state index contributed by atoms with van der Waals surface area (Å²) in [6.45, 7) is 1.09. The number of hydrazine groups is 1. The number of nitrogens with one attached hydrogen (secondary N) is 2. The quantitative estimate of drug-likeness (QED) is 0.685. The second-order valence-corrected chi connectivity index (χ2v) is 6.67. The molecular formula is C19H16ClF4N3O2. The van der Waals surface area contributed by atoms with Gasteiger partial charge in [0.2, 0.25) is 5.88 Å². The standard InChI is InChI=1S/C19H16ClF4N3O2/c1-11-6-7-13(21)14(8-11)25-17(28)10-29-18-9-16(19(22,23)24)26-27(18)15-5-3-2-4-12(15)20/h2-9,16,26H,10H2,1H3,(H,25,28). The number of ether oxygens (including phenoxy) is 1. The maximum atomic E-state index is 13.8. The highest BCUT2D eigenvalue weighted by molar-refractivity contribution is 6.33. The molecule has 10 heteroatoms. The lowest BCUT2D eigenvalue weighted by Crippen LogP contribution is -2.45. The number of halogens is 5. The van der Waals surface area contributed by atoms with Crippen molar-refractivity contribution >= 4 is 28.9 Å². The molecule has 0 saturated carbocycles. The molecule has 0 aliphatic carbocycles. The minimum atomic E-state index is -4.59. The predicted molar refractivity (Wildman–Crippen MR) is 101 cm³/mol. The Labute approximate surface area is 168 Å². The highest BCUT2D eigenvalue weighted by atomic mass is 35.5. The average molecular weight is 430 g/mol. The zero-order valence-electron chi connectivity index (χ0n) is 15.1. The van der Waals surface area contributed by atoms with E-state index < -0.39 is 30.5 Å². The summed E-state index contributed by atoms with van der Waals surface area (Å²) in [5.74, 6) is -1.62. The Morgan fingerprint density at radius 3 is 2.69 bits per heavy atom. The largest absolute Gasteiger partial charge is 0.468 e. The summed E-state index contributed by atoms with van der Waals surface area (Å²) < 4.78 is 58.5. The van der Waals surface area contributed by atoms with Crippen molar-refractivity contribution in [3.8, 4) is 0 Å². The number of rotatable bonds is 5. The smallest absolute Gasteiger partial charge is 0.409 e. The number of anilines is 2. The average Bonchev–Trinajstić information content (AvgIpc) is 3.08. The third kappa shape index (κ3) is 4.99. The van der Waals surface area contributed by atoms with Gasteiger partial charge in [0.05, 0.1) is 16.4 Å². The van der Waals surface area contributed by atoms with Gasteiger partial charge < -0.3 is 10.1 Å². The van der Waals surface area contributed by atoms with E-state index in [4.69, 9.17) is 16.3 Å². The molecule has 1 aliphatic rings. The van der Waals surface area contributed by atoms with Crippen LogP contribution in [-0.4, -0.2) is 24.7 Å². The summed E-state index contributed by atoms with van der Waals surface area (Å²) in [7, 11) is 0. The Balaban J connectivity index is 1.74. The van der Waals surface area contributed by atoms with Crippen molar-refractivity contribution in [1.29, 1.82) is 0 Å². The van der Waals surface area contributed by atoms with Crippen molar-refractivity contribution in [1.82, 2.24) is 5.43 Å². The van der Waals surface area contributed by atoms with E-state index in [-0.39, 0.29) is 22.3 Å². The molecule has 154 valence electrons. The maximum Gasteiger partial charge on any atom is 0.409 e. The van der Waals surface area contributed by atoms with Crippen molar-refractivity contribution in [3.63, 3.8) is 0 Å². The first kappa shape index (κ1) is 20.9. The van der Waals surface area contributed by atoms with E-state index in [0.717, 1.165) is 16.6 Å². The molecule has 0 bridgehead atoms. The van der Waals surface area contributed by atoms with Gasteiger partial charge in [-0.05, 0) is 36.8 Å². The van der Waals surface area contributed by atoms with E-state index >= 15 is 0 Å². The molecule has 2 aromatic rings. The Hall–Kier alpha value is -2.78. The molecule has 1 heterocycles. The van der Waals surface area contributed by atoms with Gasteiger partial charge in [-0.3, -0.25) is 4.79 Å². The minimum Gasteiger partial charge on any atom is -0.468 e. The van der Waals surface area contributed by atoms with E-state index in [1.807, 2.05) is 0 Å². The summed E-state index contributed by atoms with van der Waals surface area (Å²) >= 11 is 6.07. The second-order valence-electron chi connectivity index (χ2n) is 6.26. The van der Waals surface area contributed by atoms with Gasteiger partial charge in [0.1, 0.15) is 11.9 Å². The number of hydrogen-bond acceptors (Lipinski definition) is 4. The molecular weight excluding hydrogens is 414 g/mol. The Morgan fingerprint density at radius 1 is 1.28 bits per heavy atom. The molecule has 3 rings (SSSR count). The van der Waals surface area contributed by atoms with E-state index in [1.165, 1.54) is 30.3 Å². The van der Waals surface area contributed by atoms with Gasteiger partial charge in [-0.25, -0.2) is 14.8 Å². The summed E-state index contributed by atoms with van der Waals surface area (Å²) in [6, 6.07) is 8.35. The van der Waals surface area contributed by atoms with Crippen LogP contribution in [0.3, 0.4) is 0 Å². The molecule has 0 spiro atoms. The molecule has 0 aromatic heterocycles. The van der Waals surface area contributed by atoms with Gasteiger partial charge >= 0.3 is 6.18 Å². The number of benzene rings is 2. The van der Waals surface area contributed by atoms with Crippen molar-refractivity contribution in [2.24, 2.45) is 0 Å². The van der Waals surface area contributed by atoms with E-state index in [0.29, 0.717) is 0 Å². The van der Waals surface area contributed by atoms with Crippen molar-refractivity contribution in [2.75, 3.05) is 16.9 Å². The zero-order valence-corrected chi connectivity index (χ0v) is 15.8. The van der Waals surface area contributed by atoms with Crippen molar-refractivity contribution < 1.29 is 27.1 Å². The first-order valence-electron chi connectivity index (χ1n) is 8.43. The first-order valence-corrected chi connectivity index (χ1v) is 8.81. The van der Waals surface area contributed by atoms with E-state index in [1.54, 1.807) is 19.1 Å². The Kier molecular flexibility index (Phi) is 5.99. The number of carbonyl (C=O) groups excluding carboxylic acids is 1. The number of hydrogen-bond donors (Lipinski definition) is 2. The SMILES string of the molecule is Cc1ccc(F)c(NC(=O)COC2=CC(C(F)(F)F)NN2c2ccccc2Cl)c1. The summed E-state index contributed by atoms with van der Waals surface area (Å²) in [5.41, 5.74) is 3.14. The lowest BCUT2D eigenvalue weighted by atomic mass is 10.2. The van der Waals surface area contributed by atoms with Crippen LogP contribution >= 0.6 is 11.6 Å². The highest BCUT2D eigenvalue weighted by Gasteiger charge is 2.44. The molecule has 0 fully saturated rings. The highest BCUT2D eigenvalue weighted by Crippen LogP contribution is 2.34. The normalized spacial score (nSPS) is 16.6. The molecule has 5 nitrogen and oxygen atoms in total. The summed E-state index contributed by atoms with van der Waals surface area (Å²) in [5, 5.41) is 3.53. The Bertz CT molecular complexity index is 949. The van der Waals surface area contributed by atoms with E-state index in [9.17, 15) is 22.4 Å². The van der Waals surface area contributed by atoms with Crippen LogP contribution in [0.2, 0.25) is 5.02 Å². The molecule has 1 unspecified atom stereocenters. The number of aryl methyl sites for hydroxylation is 1. The Morgan fingerprint density at radius 2 is 2.00 bits per heavy atom. The van der Waals surface area contributed by atoms with Crippen molar-refractivity contribution in [2.45, 2.75) is 19.1 Å². The van der Waals surface area contributed by atoms with Crippen molar-refractivity contribution in [3.05, 3.63) is 70.8 Å². The number of carbonyl (C=O) groups is 1. The molecule has 0 radical (unpaired) electrons. The van der Waals surface area contributed by atoms with Crippen LogP contribution in [0.15, 0.2) is 54.4 Å². The number of para-hydroxylation sites is 1. The van der Waals surface area contributed by atoms with Gasteiger partial charge in [0, 0.05) is 6.08 Å². The van der Waals surface area contributed by atoms with Crippen LogP contribution in [-0.2, 0) is 9.53 Å². The lowest BCUT2D eigenvalue weighted by molar-refractivity contribution is -0.142. The molecule has 1 atom stereocenters. The fourth-order valence-electron chi connectivity index (χ4n) is 2.62. The fourth-order valence-corrected chi connectivity index (χ4v) is 2.84. The molecule has 1 amide bonds. The topological polar surface area (TPSA) is 53.6 Å². The maximum absolute atomic E-state index is 13.8. The van der Waals surface area contributed by atoms with Gasteiger partial charge in [-0.2, -0.15) is 13.2 Å². The minimum absolute atomic E-state index is 0.0479. The van der Waals surface area contributed by atoms with Gasteiger partial charge in [0.25, 0.3) is 5.91 Å². The molecule has 29 heavy (non-hydrogen) atoms. The number of alkyl halides is 3. The van der Waals surface area contributed by atoms with Crippen LogP contribution in [0.5, 0.6) is 0 Å². The summed E-state index contributed by atoms with van der Waals surface area (Å²) in [4.78, 5) is 12.1. The predicted octanol–water partition coefficient (Wildman–Crippen LogP) is 4.54. The number of nitrogens with zero attached hydrogens (tertiary/aromatic N) is 1. The molecule has 0 saturated heterocycles. The third-order valence-electron chi connectivity index (χ3n) is 3.99. The van der Waals surface area contributed by atoms with Gasteiger partial charge in [0.15, 0.2) is 6.61 Å². The van der Waals surface area contributed by atoms with Gasteiger partial charge in [-0.1, -0.05) is 29.8 Å². The van der Waals surface area contributed by atoms with Crippen LogP contribution in [0.1, 0.15) is 5.56 Å². The molecule has 1 aliphatic heterocycles. The van der Waals surface area contributed by atoms with E-state index in [2.05, 4.69) is 10.7 Å². The first-order chi connectivity index (χ1) is 13.6. The van der Waals surface area contributed by atoms with Crippen LogP contribution in [0.4, 0.5) is 28.9 Å². The molecule has 2 N–H and O–H groups in total. The van der Waals surface area contributed by atoms with Crippen LogP contribution < -0.4 is 15.8 Å². The molecule has 2 aromatic carbocycles. The third-order valence-corrected chi connectivity index (χ3v) is 4.31. The zero-order chi connectivity index (χ0) is 21.2. The van der Waals surface area contributed by atoms with Crippen LogP contribution in [0, 0.1) is 12.7 Å². The monoisotopic (exact) mass is 429 g/mol. The fraction of sp³-hybridized carbons (Fsp3) is 0.211. The van der Waals surface area contributed by atoms with Gasteiger partial charge in [-0.15, -0.1) is 0 Å². The number of amides is 1. The summed E-state index contributed by atoms with van der Waals surface area (Å²) in [6.07, 6.45) is -3.79.